The van der Waals surface area contributed by atoms with E-state index in [9.17, 15) is 5.11 Å². The second kappa shape index (κ2) is 10.5. The van der Waals surface area contributed by atoms with Crippen molar-refractivity contribution in [1.29, 1.82) is 0 Å². The Balaban J connectivity index is 1.43. The molecule has 0 amide bonds. The van der Waals surface area contributed by atoms with Crippen molar-refractivity contribution in [3.8, 4) is 0 Å². The van der Waals surface area contributed by atoms with Crippen LogP contribution in [0.1, 0.15) is 45.6 Å². The molecule has 1 aliphatic carbocycles. The predicted molar refractivity (Wildman–Crippen MR) is 122 cm³/mol. The third-order valence-electron chi connectivity index (χ3n) is 6.82. The third-order valence-corrected chi connectivity index (χ3v) is 7.05. The Morgan fingerprint density at radius 2 is 1.90 bits per heavy atom. The normalized spacial score (nSPS) is 27.4. The summed E-state index contributed by atoms with van der Waals surface area (Å²) in [5.74, 6) is 2.01. The van der Waals surface area contributed by atoms with Crippen LogP contribution in [0.3, 0.4) is 0 Å². The van der Waals surface area contributed by atoms with Crippen molar-refractivity contribution in [2.75, 3.05) is 44.2 Å². The molecular weight excluding hydrogens is 384 g/mol. The maximum atomic E-state index is 10.6. The van der Waals surface area contributed by atoms with Crippen molar-refractivity contribution >= 4 is 17.3 Å². The summed E-state index contributed by atoms with van der Waals surface area (Å²) in [6.45, 7) is 14.0. The van der Waals surface area contributed by atoms with E-state index in [1.807, 2.05) is 6.07 Å². The maximum Gasteiger partial charge on any atom is 0.0900 e. The minimum atomic E-state index is -0.417. The van der Waals surface area contributed by atoms with Crippen LogP contribution in [0.4, 0.5) is 5.69 Å². The topological polar surface area (TPSA) is 35.9 Å². The van der Waals surface area contributed by atoms with E-state index in [2.05, 4.69) is 49.6 Å². The van der Waals surface area contributed by atoms with Gasteiger partial charge in [0.25, 0.3) is 0 Å². The number of rotatable bonds is 7. The van der Waals surface area contributed by atoms with Gasteiger partial charge in [0.15, 0.2) is 0 Å². The molecule has 1 aromatic carbocycles. The Morgan fingerprint density at radius 1 is 1.17 bits per heavy atom. The summed E-state index contributed by atoms with van der Waals surface area (Å²) in [6.07, 6.45) is 3.58. The summed E-state index contributed by atoms with van der Waals surface area (Å²) in [4.78, 5) is 4.76. The number of halogens is 1. The molecule has 4 atom stereocenters. The second-order valence-corrected chi connectivity index (χ2v) is 10.0. The van der Waals surface area contributed by atoms with Gasteiger partial charge in [-0.2, -0.15) is 0 Å². The molecule has 5 heteroatoms. The molecule has 2 fully saturated rings. The van der Waals surface area contributed by atoms with Crippen LogP contribution in [-0.2, 0) is 4.74 Å². The standard InChI is InChI=1S/C24H39ClN2O2/c1-17(2)22-8-5-18(3)13-24(22)29-16-21(28)15-26-9-11-27(12-10-26)23-14-20(25)7-6-19(23)4/h6-7,14,17-18,21-22,24,28H,5,8-13,15-16H2,1-4H3/t18-,21-,22-,24-/m1/s1. The molecule has 164 valence electrons. The molecule has 0 unspecified atom stereocenters. The first-order valence-electron chi connectivity index (χ1n) is 11.4. The second-order valence-electron chi connectivity index (χ2n) is 9.57. The van der Waals surface area contributed by atoms with Gasteiger partial charge in [-0.3, -0.25) is 4.90 Å². The monoisotopic (exact) mass is 422 g/mol. The highest BCUT2D eigenvalue weighted by Crippen LogP contribution is 2.35. The zero-order valence-corrected chi connectivity index (χ0v) is 19.4. The fraction of sp³-hybridized carbons (Fsp3) is 0.750. The number of hydrogen-bond donors (Lipinski definition) is 1. The average molecular weight is 423 g/mol. The van der Waals surface area contributed by atoms with Gasteiger partial charge in [0.1, 0.15) is 0 Å². The molecule has 0 bridgehead atoms. The largest absolute Gasteiger partial charge is 0.389 e. The first kappa shape index (κ1) is 22.9. The zero-order chi connectivity index (χ0) is 21.0. The summed E-state index contributed by atoms with van der Waals surface area (Å²) in [6, 6.07) is 6.09. The molecule has 0 aromatic heterocycles. The Bertz CT molecular complexity index is 646. The first-order valence-corrected chi connectivity index (χ1v) is 11.7. The van der Waals surface area contributed by atoms with Gasteiger partial charge in [-0.1, -0.05) is 44.9 Å². The van der Waals surface area contributed by atoms with Crippen molar-refractivity contribution in [2.24, 2.45) is 17.8 Å². The lowest BCUT2D eigenvalue weighted by Gasteiger charge is -2.39. The summed E-state index contributed by atoms with van der Waals surface area (Å²) < 4.78 is 6.25. The van der Waals surface area contributed by atoms with Crippen LogP contribution in [0.5, 0.6) is 0 Å². The molecule has 3 rings (SSSR count). The number of ether oxygens (including phenoxy) is 1. The highest BCUT2D eigenvalue weighted by molar-refractivity contribution is 6.30. The van der Waals surface area contributed by atoms with E-state index in [4.69, 9.17) is 16.3 Å². The van der Waals surface area contributed by atoms with Gasteiger partial charge in [0.2, 0.25) is 0 Å². The van der Waals surface area contributed by atoms with Crippen LogP contribution in [0.15, 0.2) is 18.2 Å². The third kappa shape index (κ3) is 6.33. The van der Waals surface area contributed by atoms with Crippen LogP contribution in [0, 0.1) is 24.7 Å². The molecule has 2 aliphatic rings. The fourth-order valence-corrected chi connectivity index (χ4v) is 5.15. The lowest BCUT2D eigenvalue weighted by atomic mass is 9.75. The van der Waals surface area contributed by atoms with Gasteiger partial charge in [-0.15, -0.1) is 0 Å². The van der Waals surface area contributed by atoms with Gasteiger partial charge >= 0.3 is 0 Å². The van der Waals surface area contributed by atoms with E-state index in [1.165, 1.54) is 24.1 Å². The van der Waals surface area contributed by atoms with Gasteiger partial charge in [-0.25, -0.2) is 0 Å². The van der Waals surface area contributed by atoms with Crippen LogP contribution < -0.4 is 4.90 Å². The zero-order valence-electron chi connectivity index (χ0n) is 18.6. The van der Waals surface area contributed by atoms with Crippen LogP contribution in [0.2, 0.25) is 5.02 Å². The lowest BCUT2D eigenvalue weighted by molar-refractivity contribution is -0.0740. The summed E-state index contributed by atoms with van der Waals surface area (Å²) >= 11 is 6.19. The van der Waals surface area contributed by atoms with Gasteiger partial charge in [0, 0.05) is 43.4 Å². The van der Waals surface area contributed by atoms with Crippen molar-refractivity contribution in [1.82, 2.24) is 4.90 Å². The molecule has 1 saturated heterocycles. The Morgan fingerprint density at radius 3 is 2.59 bits per heavy atom. The van der Waals surface area contributed by atoms with Gasteiger partial charge in [0.05, 0.1) is 18.8 Å². The van der Waals surface area contributed by atoms with Gasteiger partial charge in [-0.05, 0) is 55.2 Å². The summed E-state index contributed by atoms with van der Waals surface area (Å²) in [5.41, 5.74) is 2.49. The number of aryl methyl sites for hydroxylation is 1. The molecule has 1 heterocycles. The van der Waals surface area contributed by atoms with Gasteiger partial charge < -0.3 is 14.7 Å². The molecule has 4 nitrogen and oxygen atoms in total. The number of nitrogens with zero attached hydrogens (tertiary/aromatic N) is 2. The first-order chi connectivity index (χ1) is 13.8. The molecule has 0 radical (unpaired) electrons. The van der Waals surface area contributed by atoms with Crippen molar-refractivity contribution in [3.05, 3.63) is 28.8 Å². The predicted octanol–water partition coefficient (Wildman–Crippen LogP) is 4.61. The number of anilines is 1. The van der Waals surface area contributed by atoms with E-state index in [-0.39, 0.29) is 0 Å². The van der Waals surface area contributed by atoms with E-state index in [0.29, 0.717) is 31.1 Å². The number of hydrogen-bond acceptors (Lipinski definition) is 4. The SMILES string of the molecule is Cc1ccc(Cl)cc1N1CCN(C[C@@H](O)CO[C@@H]2C[C@H](C)CC[C@@H]2C(C)C)CC1. The molecular formula is C24H39ClN2O2. The van der Waals surface area contributed by atoms with E-state index >= 15 is 0 Å². The number of benzene rings is 1. The minimum absolute atomic E-state index is 0.302. The quantitative estimate of drug-likeness (QED) is 0.696. The highest BCUT2D eigenvalue weighted by atomic mass is 35.5. The molecule has 0 spiro atoms. The summed E-state index contributed by atoms with van der Waals surface area (Å²) in [7, 11) is 0. The average Bonchev–Trinajstić information content (AvgIpc) is 2.69. The van der Waals surface area contributed by atoms with E-state index in [1.54, 1.807) is 0 Å². The maximum absolute atomic E-state index is 10.6. The van der Waals surface area contributed by atoms with Crippen LogP contribution in [-0.4, -0.2) is 61.5 Å². The number of piperazine rings is 1. The fourth-order valence-electron chi connectivity index (χ4n) is 4.99. The smallest absolute Gasteiger partial charge is 0.0900 e. The Hall–Kier alpha value is -0.810. The van der Waals surface area contributed by atoms with E-state index < -0.39 is 6.10 Å². The van der Waals surface area contributed by atoms with Crippen LogP contribution in [0.25, 0.3) is 0 Å². The van der Waals surface area contributed by atoms with E-state index in [0.717, 1.165) is 43.5 Å². The molecule has 1 saturated carbocycles. The minimum Gasteiger partial charge on any atom is -0.389 e. The number of β-amino-alcohol motifs (C(OH)–C–C–N with tert-alkyl or cyclic N) is 1. The molecule has 1 N–H and O–H groups in total. The summed E-state index contributed by atoms with van der Waals surface area (Å²) in [5, 5.41) is 11.4. The van der Waals surface area contributed by atoms with Crippen molar-refractivity contribution in [3.63, 3.8) is 0 Å². The molecule has 1 aromatic rings. The lowest BCUT2D eigenvalue weighted by Crippen LogP contribution is -2.49. The van der Waals surface area contributed by atoms with Crippen molar-refractivity contribution < 1.29 is 9.84 Å². The number of aliphatic hydroxyl groups excluding tert-OH is 1. The van der Waals surface area contributed by atoms with Crippen LogP contribution >= 0.6 is 11.6 Å². The number of aliphatic hydroxyl groups is 1. The van der Waals surface area contributed by atoms with Crippen molar-refractivity contribution in [2.45, 2.75) is 59.2 Å². The molecule has 29 heavy (non-hydrogen) atoms. The Kier molecular flexibility index (Phi) is 8.26. The molecule has 1 aliphatic heterocycles. The Labute approximate surface area is 182 Å². The highest BCUT2D eigenvalue weighted by Gasteiger charge is 2.32.